The molecule has 0 aliphatic carbocycles. The lowest BCUT2D eigenvalue weighted by Gasteiger charge is -2.30. The summed E-state index contributed by atoms with van der Waals surface area (Å²) in [4.78, 5) is 14.9. The first-order valence-electron chi connectivity index (χ1n) is 7.17. The summed E-state index contributed by atoms with van der Waals surface area (Å²) in [6, 6.07) is 2.38. The third-order valence-electron chi connectivity index (χ3n) is 4.07. The molecule has 1 atom stereocenters. The summed E-state index contributed by atoms with van der Waals surface area (Å²) in [6.45, 7) is 6.91. The van der Waals surface area contributed by atoms with Gasteiger partial charge in [-0.15, -0.1) is 0 Å². The van der Waals surface area contributed by atoms with E-state index < -0.39 is 0 Å². The first kappa shape index (κ1) is 14.3. The van der Waals surface area contributed by atoms with E-state index in [0.717, 1.165) is 31.5 Å². The quantitative estimate of drug-likeness (QED) is 0.895. The van der Waals surface area contributed by atoms with Crippen LogP contribution >= 0.6 is 0 Å². The van der Waals surface area contributed by atoms with Crippen molar-refractivity contribution in [3.8, 4) is 0 Å². The van der Waals surface area contributed by atoms with Gasteiger partial charge in [-0.3, -0.25) is 4.79 Å². The van der Waals surface area contributed by atoms with E-state index in [0.29, 0.717) is 6.54 Å². The smallest absolute Gasteiger partial charge is 0.255 e. The minimum atomic E-state index is 0.187. The van der Waals surface area contributed by atoms with Crippen LogP contribution in [0, 0.1) is 0 Å². The molecular formula is C15H25N3O. The molecule has 0 amide bonds. The molecular weight excluding hydrogens is 238 g/mol. The molecule has 1 N–H and O–H groups in total. The zero-order valence-corrected chi connectivity index (χ0v) is 12.5. The molecule has 19 heavy (non-hydrogen) atoms. The highest BCUT2D eigenvalue weighted by atomic mass is 16.1. The maximum atomic E-state index is 12.6. The number of hydrogen-bond acceptors (Lipinski definition) is 3. The first-order chi connectivity index (χ1) is 9.08. The summed E-state index contributed by atoms with van der Waals surface area (Å²) in [5.41, 5.74) is 3.64. The fraction of sp³-hybridized carbons (Fsp3) is 0.667. The van der Waals surface area contributed by atoms with Gasteiger partial charge in [0.25, 0.3) is 5.56 Å². The van der Waals surface area contributed by atoms with E-state index in [1.165, 1.54) is 11.3 Å². The van der Waals surface area contributed by atoms with E-state index in [2.05, 4.69) is 37.2 Å². The average molecular weight is 263 g/mol. The molecule has 2 rings (SSSR count). The lowest BCUT2D eigenvalue weighted by atomic mass is 10.0. The SMILES string of the molecule is CCC(C)n1c2c(cc(CNC)c1=O)CN(C)CC2. The van der Waals surface area contributed by atoms with Crippen molar-refractivity contribution in [1.82, 2.24) is 14.8 Å². The average Bonchev–Trinajstić information content (AvgIpc) is 2.39. The van der Waals surface area contributed by atoms with E-state index in [1.807, 2.05) is 11.6 Å². The van der Waals surface area contributed by atoms with Crippen molar-refractivity contribution in [3.63, 3.8) is 0 Å². The molecule has 2 heterocycles. The largest absolute Gasteiger partial charge is 0.315 e. The van der Waals surface area contributed by atoms with Crippen molar-refractivity contribution in [2.75, 3.05) is 20.6 Å². The maximum absolute atomic E-state index is 12.6. The molecule has 1 aliphatic heterocycles. The van der Waals surface area contributed by atoms with Crippen LogP contribution in [-0.4, -0.2) is 30.1 Å². The Morgan fingerprint density at radius 2 is 2.21 bits per heavy atom. The van der Waals surface area contributed by atoms with Crippen LogP contribution < -0.4 is 10.9 Å². The summed E-state index contributed by atoms with van der Waals surface area (Å²) in [5.74, 6) is 0. The molecule has 0 bridgehead atoms. The number of hydrogen-bond donors (Lipinski definition) is 1. The second kappa shape index (κ2) is 5.88. The van der Waals surface area contributed by atoms with Crippen molar-refractivity contribution < 1.29 is 0 Å². The molecule has 1 aromatic heterocycles. The molecule has 0 aromatic carbocycles. The minimum absolute atomic E-state index is 0.187. The lowest BCUT2D eigenvalue weighted by molar-refractivity contribution is 0.299. The van der Waals surface area contributed by atoms with Gasteiger partial charge in [0.15, 0.2) is 0 Å². The Kier molecular flexibility index (Phi) is 4.42. The number of pyridine rings is 1. The fourth-order valence-electron chi connectivity index (χ4n) is 2.84. The minimum Gasteiger partial charge on any atom is -0.315 e. The second-order valence-electron chi connectivity index (χ2n) is 5.59. The number of aromatic nitrogens is 1. The Labute approximate surface area is 115 Å². The van der Waals surface area contributed by atoms with Gasteiger partial charge < -0.3 is 14.8 Å². The van der Waals surface area contributed by atoms with Crippen LogP contribution in [0.4, 0.5) is 0 Å². The molecule has 0 saturated heterocycles. The van der Waals surface area contributed by atoms with Crippen molar-refractivity contribution in [3.05, 3.63) is 33.2 Å². The molecule has 4 nitrogen and oxygen atoms in total. The van der Waals surface area contributed by atoms with Gasteiger partial charge in [0.05, 0.1) is 0 Å². The molecule has 0 fully saturated rings. The zero-order valence-electron chi connectivity index (χ0n) is 12.5. The molecule has 106 valence electrons. The Hall–Kier alpha value is -1.13. The summed E-state index contributed by atoms with van der Waals surface area (Å²) >= 11 is 0. The molecule has 4 heteroatoms. The molecule has 1 aromatic rings. The van der Waals surface area contributed by atoms with E-state index in [1.54, 1.807) is 0 Å². The van der Waals surface area contributed by atoms with Gasteiger partial charge in [-0.25, -0.2) is 0 Å². The van der Waals surface area contributed by atoms with Crippen LogP contribution in [0.5, 0.6) is 0 Å². The third-order valence-corrected chi connectivity index (χ3v) is 4.07. The molecule has 1 unspecified atom stereocenters. The molecule has 1 aliphatic rings. The molecule has 0 saturated carbocycles. The zero-order chi connectivity index (χ0) is 14.0. The van der Waals surface area contributed by atoms with Gasteiger partial charge in [-0.05, 0) is 39.1 Å². The normalized spacial score (nSPS) is 17.3. The Morgan fingerprint density at radius 1 is 1.47 bits per heavy atom. The number of nitrogens with one attached hydrogen (secondary N) is 1. The topological polar surface area (TPSA) is 37.3 Å². The maximum Gasteiger partial charge on any atom is 0.255 e. The van der Waals surface area contributed by atoms with Gasteiger partial charge in [0.2, 0.25) is 0 Å². The summed E-state index contributed by atoms with van der Waals surface area (Å²) < 4.78 is 2.04. The van der Waals surface area contributed by atoms with E-state index in [9.17, 15) is 4.79 Å². The number of likely N-dealkylation sites (N-methyl/N-ethyl adjacent to an activating group) is 1. The monoisotopic (exact) mass is 263 g/mol. The predicted octanol–water partition coefficient (Wildman–Crippen LogP) is 1.53. The molecule has 0 radical (unpaired) electrons. The summed E-state index contributed by atoms with van der Waals surface area (Å²) in [5, 5.41) is 3.10. The first-order valence-corrected chi connectivity index (χ1v) is 7.17. The lowest BCUT2D eigenvalue weighted by Crippen LogP contribution is -2.37. The predicted molar refractivity (Wildman–Crippen MR) is 78.5 cm³/mol. The number of nitrogens with zero attached hydrogens (tertiary/aromatic N) is 2. The highest BCUT2D eigenvalue weighted by Crippen LogP contribution is 2.21. The van der Waals surface area contributed by atoms with Crippen LogP contribution in [0.1, 0.15) is 43.1 Å². The number of fused-ring (bicyclic) bond motifs is 1. The van der Waals surface area contributed by atoms with Gasteiger partial charge in [-0.2, -0.15) is 0 Å². The Bertz CT molecular complexity index is 507. The van der Waals surface area contributed by atoms with Crippen LogP contribution in [0.3, 0.4) is 0 Å². The van der Waals surface area contributed by atoms with Crippen LogP contribution in [0.2, 0.25) is 0 Å². The Balaban J connectivity index is 2.58. The van der Waals surface area contributed by atoms with Crippen molar-refractivity contribution >= 4 is 0 Å². The third kappa shape index (κ3) is 2.74. The highest BCUT2D eigenvalue weighted by molar-refractivity contribution is 5.29. The van der Waals surface area contributed by atoms with Crippen LogP contribution in [-0.2, 0) is 19.5 Å². The van der Waals surface area contributed by atoms with Crippen LogP contribution in [0.25, 0.3) is 0 Å². The summed E-state index contributed by atoms with van der Waals surface area (Å²) in [6.07, 6.45) is 1.97. The second-order valence-corrected chi connectivity index (χ2v) is 5.59. The van der Waals surface area contributed by atoms with Gasteiger partial charge >= 0.3 is 0 Å². The van der Waals surface area contributed by atoms with E-state index in [4.69, 9.17) is 0 Å². The Morgan fingerprint density at radius 3 is 2.84 bits per heavy atom. The fourth-order valence-corrected chi connectivity index (χ4v) is 2.84. The molecule has 0 spiro atoms. The van der Waals surface area contributed by atoms with Crippen LogP contribution in [0.15, 0.2) is 10.9 Å². The van der Waals surface area contributed by atoms with Gasteiger partial charge in [0, 0.05) is 43.4 Å². The highest BCUT2D eigenvalue weighted by Gasteiger charge is 2.21. The van der Waals surface area contributed by atoms with E-state index >= 15 is 0 Å². The van der Waals surface area contributed by atoms with E-state index in [-0.39, 0.29) is 11.6 Å². The van der Waals surface area contributed by atoms with Crippen molar-refractivity contribution in [2.24, 2.45) is 0 Å². The standard InChI is InChI=1S/C15H25N3O/c1-5-11(2)18-14-6-7-17(4)10-13(14)8-12(9-16-3)15(18)19/h8,11,16H,5-7,9-10H2,1-4H3. The van der Waals surface area contributed by atoms with Gasteiger partial charge in [0.1, 0.15) is 0 Å². The number of rotatable bonds is 4. The summed E-state index contributed by atoms with van der Waals surface area (Å²) in [7, 11) is 4.03. The van der Waals surface area contributed by atoms with Gasteiger partial charge in [-0.1, -0.05) is 6.92 Å². The van der Waals surface area contributed by atoms with Crippen molar-refractivity contribution in [1.29, 1.82) is 0 Å². The van der Waals surface area contributed by atoms with Crippen molar-refractivity contribution in [2.45, 2.75) is 45.8 Å².